The van der Waals surface area contributed by atoms with Crippen LogP contribution in [0.3, 0.4) is 0 Å². The molecule has 1 fully saturated rings. The molecule has 2 aliphatic heterocycles. The van der Waals surface area contributed by atoms with Crippen LogP contribution in [0, 0.1) is 5.82 Å². The van der Waals surface area contributed by atoms with Crippen molar-refractivity contribution >= 4 is 23.0 Å². The average Bonchev–Trinajstić information content (AvgIpc) is 3.35. The maximum Gasteiger partial charge on any atom is 0.255 e. The summed E-state index contributed by atoms with van der Waals surface area (Å²) in [6, 6.07) is 12.2. The van der Waals surface area contributed by atoms with E-state index in [1.54, 1.807) is 0 Å². The number of rotatable bonds is 4. The molecule has 0 aliphatic carbocycles. The normalized spacial score (nSPS) is 16.3. The molecule has 0 bridgehead atoms. The first-order valence-corrected chi connectivity index (χ1v) is 9.06. The Labute approximate surface area is 152 Å². The molecule has 4 nitrogen and oxygen atoms in total. The predicted molar refractivity (Wildman–Crippen MR) is 104 cm³/mol. The second kappa shape index (κ2) is 7.20. The van der Waals surface area contributed by atoms with Gasteiger partial charge in [0.05, 0.1) is 0 Å². The van der Waals surface area contributed by atoms with Gasteiger partial charge in [-0.2, -0.15) is 0 Å². The van der Waals surface area contributed by atoms with Crippen molar-refractivity contribution in [2.24, 2.45) is 0 Å². The van der Waals surface area contributed by atoms with Crippen molar-refractivity contribution in [1.82, 2.24) is 0 Å². The largest absolute Gasteiger partial charge is 0.371 e. The minimum absolute atomic E-state index is 0.228. The van der Waals surface area contributed by atoms with E-state index in [-0.39, 0.29) is 11.7 Å². The number of hydrogen-bond acceptors (Lipinski definition) is 3. The molecule has 2 aromatic rings. The number of hydrogen-bond donors (Lipinski definition) is 1. The van der Waals surface area contributed by atoms with Crippen LogP contribution >= 0.6 is 0 Å². The maximum atomic E-state index is 14.0. The van der Waals surface area contributed by atoms with Crippen molar-refractivity contribution in [2.75, 3.05) is 41.3 Å². The van der Waals surface area contributed by atoms with Gasteiger partial charge in [-0.05, 0) is 55.3 Å². The molecule has 2 aliphatic rings. The van der Waals surface area contributed by atoms with Crippen molar-refractivity contribution in [3.05, 3.63) is 66.0 Å². The van der Waals surface area contributed by atoms with Gasteiger partial charge >= 0.3 is 0 Å². The second-order valence-electron chi connectivity index (χ2n) is 6.77. The van der Waals surface area contributed by atoms with Crippen LogP contribution in [-0.2, 0) is 0 Å². The fourth-order valence-electron chi connectivity index (χ4n) is 3.52. The number of amides is 1. The highest BCUT2D eigenvalue weighted by Gasteiger charge is 2.15. The molecule has 1 saturated heterocycles. The Hall–Kier alpha value is -2.82. The van der Waals surface area contributed by atoms with Crippen LogP contribution in [0.4, 0.5) is 21.5 Å². The molecule has 0 atom stereocenters. The molecule has 0 saturated carbocycles. The van der Waals surface area contributed by atoms with E-state index in [4.69, 9.17) is 0 Å². The Morgan fingerprint density at radius 1 is 0.885 bits per heavy atom. The quantitative estimate of drug-likeness (QED) is 0.844. The summed E-state index contributed by atoms with van der Waals surface area (Å²) in [6.07, 6.45) is 6.50. The SMILES string of the molecule is O=C(Nc1cc(F)cc(N2CCCC2)c1)c1ccc(N2CC=CC2)cc1. The molecule has 0 radical (unpaired) electrons. The van der Waals surface area contributed by atoms with Crippen LogP contribution in [0.2, 0.25) is 0 Å². The van der Waals surface area contributed by atoms with Crippen LogP contribution < -0.4 is 15.1 Å². The third-order valence-corrected chi connectivity index (χ3v) is 4.92. The Bertz CT molecular complexity index is 818. The standard InChI is InChI=1S/C21H22FN3O/c22-17-13-18(15-20(14-17)25-11-3-4-12-25)23-21(26)16-5-7-19(8-6-16)24-9-1-2-10-24/h1-2,5-8,13-15H,3-4,9-12H2,(H,23,26). The van der Waals surface area contributed by atoms with Crippen LogP contribution in [0.5, 0.6) is 0 Å². The molecular weight excluding hydrogens is 329 g/mol. The smallest absolute Gasteiger partial charge is 0.255 e. The third kappa shape index (κ3) is 3.57. The molecule has 4 rings (SSSR count). The summed E-state index contributed by atoms with van der Waals surface area (Å²) in [7, 11) is 0. The number of anilines is 3. The zero-order valence-corrected chi connectivity index (χ0v) is 14.6. The number of nitrogens with one attached hydrogen (secondary N) is 1. The van der Waals surface area contributed by atoms with Crippen molar-refractivity contribution < 1.29 is 9.18 Å². The molecule has 0 unspecified atom stereocenters. The Balaban J connectivity index is 1.47. The van der Waals surface area contributed by atoms with Gasteiger partial charge in [-0.15, -0.1) is 0 Å². The molecule has 134 valence electrons. The van der Waals surface area contributed by atoms with Gasteiger partial charge in [-0.25, -0.2) is 4.39 Å². The Kier molecular flexibility index (Phi) is 4.61. The molecule has 1 amide bonds. The van der Waals surface area contributed by atoms with Gasteiger partial charge in [0.1, 0.15) is 5.82 Å². The highest BCUT2D eigenvalue weighted by Crippen LogP contribution is 2.26. The zero-order valence-electron chi connectivity index (χ0n) is 14.6. The number of benzene rings is 2. The first kappa shape index (κ1) is 16.6. The van der Waals surface area contributed by atoms with Gasteiger partial charge in [0.25, 0.3) is 5.91 Å². The second-order valence-corrected chi connectivity index (χ2v) is 6.77. The Morgan fingerprint density at radius 3 is 2.27 bits per heavy atom. The van der Waals surface area contributed by atoms with Crippen LogP contribution in [0.15, 0.2) is 54.6 Å². The van der Waals surface area contributed by atoms with Crippen molar-refractivity contribution in [2.45, 2.75) is 12.8 Å². The lowest BCUT2D eigenvalue weighted by Crippen LogP contribution is -2.19. The van der Waals surface area contributed by atoms with Gasteiger partial charge in [-0.3, -0.25) is 4.79 Å². The minimum Gasteiger partial charge on any atom is -0.371 e. The van der Waals surface area contributed by atoms with Gasteiger partial charge in [-0.1, -0.05) is 12.2 Å². The first-order chi connectivity index (χ1) is 12.7. The van der Waals surface area contributed by atoms with Crippen molar-refractivity contribution in [3.63, 3.8) is 0 Å². The monoisotopic (exact) mass is 351 g/mol. The number of carbonyl (C=O) groups excluding carboxylic acids is 1. The fraction of sp³-hybridized carbons (Fsp3) is 0.286. The van der Waals surface area contributed by atoms with E-state index in [1.807, 2.05) is 30.3 Å². The summed E-state index contributed by atoms with van der Waals surface area (Å²) >= 11 is 0. The van der Waals surface area contributed by atoms with Crippen molar-refractivity contribution in [1.29, 1.82) is 0 Å². The van der Waals surface area contributed by atoms with Gasteiger partial charge in [0, 0.05) is 48.8 Å². The van der Waals surface area contributed by atoms with Crippen molar-refractivity contribution in [3.8, 4) is 0 Å². The van der Waals surface area contributed by atoms with Crippen LogP contribution in [-0.4, -0.2) is 32.1 Å². The summed E-state index contributed by atoms with van der Waals surface area (Å²) in [6.45, 7) is 3.66. The number of halogens is 1. The molecular formula is C21H22FN3O. The fourth-order valence-corrected chi connectivity index (χ4v) is 3.52. The average molecular weight is 351 g/mol. The number of nitrogens with zero attached hydrogens (tertiary/aromatic N) is 2. The van der Waals surface area contributed by atoms with Gasteiger partial charge in [0.15, 0.2) is 0 Å². The maximum absolute atomic E-state index is 14.0. The molecule has 1 N–H and O–H groups in total. The first-order valence-electron chi connectivity index (χ1n) is 9.06. The molecule has 26 heavy (non-hydrogen) atoms. The van der Waals surface area contributed by atoms with Crippen LogP contribution in [0.25, 0.3) is 0 Å². The summed E-state index contributed by atoms with van der Waals surface area (Å²) < 4.78 is 14.0. The summed E-state index contributed by atoms with van der Waals surface area (Å²) in [5.74, 6) is -0.560. The molecule has 0 spiro atoms. The lowest BCUT2D eigenvalue weighted by Gasteiger charge is -2.19. The summed E-state index contributed by atoms with van der Waals surface area (Å²) in [5.41, 5.74) is 2.97. The predicted octanol–water partition coefficient (Wildman–Crippen LogP) is 4.05. The van der Waals surface area contributed by atoms with Gasteiger partial charge in [0.2, 0.25) is 0 Å². The number of carbonyl (C=O) groups is 1. The summed E-state index contributed by atoms with van der Waals surface area (Å²) in [4.78, 5) is 16.9. The minimum atomic E-state index is -0.332. The molecule has 2 heterocycles. The van der Waals surface area contributed by atoms with E-state index in [9.17, 15) is 9.18 Å². The van der Waals surface area contributed by atoms with E-state index in [1.165, 1.54) is 12.1 Å². The van der Waals surface area contributed by atoms with E-state index in [0.29, 0.717) is 11.3 Å². The summed E-state index contributed by atoms with van der Waals surface area (Å²) in [5, 5.41) is 2.82. The van der Waals surface area contributed by atoms with E-state index >= 15 is 0 Å². The lowest BCUT2D eigenvalue weighted by atomic mass is 10.1. The topological polar surface area (TPSA) is 35.6 Å². The van der Waals surface area contributed by atoms with E-state index < -0.39 is 0 Å². The van der Waals surface area contributed by atoms with Crippen LogP contribution in [0.1, 0.15) is 23.2 Å². The molecule has 2 aromatic carbocycles. The Morgan fingerprint density at radius 2 is 1.58 bits per heavy atom. The molecule has 0 aromatic heterocycles. The highest BCUT2D eigenvalue weighted by molar-refractivity contribution is 6.04. The zero-order chi connectivity index (χ0) is 17.9. The molecule has 5 heteroatoms. The third-order valence-electron chi connectivity index (χ3n) is 4.92. The lowest BCUT2D eigenvalue weighted by molar-refractivity contribution is 0.102. The highest BCUT2D eigenvalue weighted by atomic mass is 19.1. The van der Waals surface area contributed by atoms with E-state index in [0.717, 1.165) is 50.4 Å². The van der Waals surface area contributed by atoms with E-state index in [2.05, 4.69) is 27.3 Å². The van der Waals surface area contributed by atoms with Gasteiger partial charge < -0.3 is 15.1 Å².